The summed E-state index contributed by atoms with van der Waals surface area (Å²) in [5, 5.41) is 3.50. The van der Waals surface area contributed by atoms with Gasteiger partial charge in [0.05, 0.1) is 18.1 Å². The maximum absolute atomic E-state index is 12.6. The molecule has 2 aliphatic rings. The largest absolute Gasteiger partial charge is 0.451 e. The molecule has 6 nitrogen and oxygen atoms in total. The van der Waals surface area contributed by atoms with Crippen LogP contribution in [-0.4, -0.2) is 48.7 Å². The first-order valence-electron chi connectivity index (χ1n) is 8.70. The van der Waals surface area contributed by atoms with Crippen molar-refractivity contribution < 1.29 is 13.9 Å². The van der Waals surface area contributed by atoms with Crippen molar-refractivity contribution in [1.82, 2.24) is 10.2 Å². The molecular weight excluding hydrogens is 320 g/mol. The minimum atomic E-state index is -0.334. The summed E-state index contributed by atoms with van der Waals surface area (Å²) in [5.74, 6) is -0.267. The van der Waals surface area contributed by atoms with E-state index in [1.54, 1.807) is 12.1 Å². The molecule has 0 saturated carbocycles. The minimum Gasteiger partial charge on any atom is -0.451 e. The summed E-state index contributed by atoms with van der Waals surface area (Å²) in [4.78, 5) is 27.1. The summed E-state index contributed by atoms with van der Waals surface area (Å²) in [6, 6.07) is 7.05. The van der Waals surface area contributed by atoms with Gasteiger partial charge in [-0.1, -0.05) is 6.07 Å². The molecule has 1 aromatic heterocycles. The van der Waals surface area contributed by atoms with E-state index in [1.807, 2.05) is 13.0 Å². The van der Waals surface area contributed by atoms with E-state index in [2.05, 4.69) is 17.1 Å². The predicted molar refractivity (Wildman–Crippen MR) is 93.9 cm³/mol. The van der Waals surface area contributed by atoms with Crippen LogP contribution in [0.4, 0.5) is 0 Å². The van der Waals surface area contributed by atoms with Gasteiger partial charge in [-0.15, -0.1) is 0 Å². The third-order valence-corrected chi connectivity index (χ3v) is 5.04. The molecular formula is C19H22N2O4. The number of fused-ring (bicyclic) bond motifs is 2. The van der Waals surface area contributed by atoms with Crippen LogP contribution >= 0.6 is 0 Å². The monoisotopic (exact) mass is 342 g/mol. The van der Waals surface area contributed by atoms with E-state index >= 15 is 0 Å². The van der Waals surface area contributed by atoms with Gasteiger partial charge in [-0.3, -0.25) is 14.5 Å². The predicted octanol–water partition coefficient (Wildman–Crippen LogP) is 1.69. The number of hydrogen-bond donors (Lipinski definition) is 1. The third-order valence-electron chi connectivity index (χ3n) is 5.04. The van der Waals surface area contributed by atoms with Gasteiger partial charge in [-0.25, -0.2) is 0 Å². The lowest BCUT2D eigenvalue weighted by Crippen LogP contribution is -2.45. The molecule has 2 aliphatic heterocycles. The van der Waals surface area contributed by atoms with Crippen molar-refractivity contribution in [2.45, 2.75) is 38.5 Å². The SMILES string of the molecule is Cc1ccc2c(=O)cc(C(=O)N[C@H]3C[C@H]4CO[C@H](C)CN4C3)oc2c1. The number of amides is 1. The maximum Gasteiger partial charge on any atom is 0.287 e. The van der Waals surface area contributed by atoms with E-state index in [0.717, 1.165) is 25.1 Å². The Labute approximate surface area is 145 Å². The highest BCUT2D eigenvalue weighted by Gasteiger charge is 2.37. The van der Waals surface area contributed by atoms with Crippen LogP contribution in [0.15, 0.2) is 33.5 Å². The Morgan fingerprint density at radius 2 is 2.12 bits per heavy atom. The van der Waals surface area contributed by atoms with Gasteiger partial charge in [-0.05, 0) is 38.0 Å². The topological polar surface area (TPSA) is 71.8 Å². The van der Waals surface area contributed by atoms with Crippen molar-refractivity contribution in [3.8, 4) is 0 Å². The highest BCUT2D eigenvalue weighted by Crippen LogP contribution is 2.23. The van der Waals surface area contributed by atoms with Crippen LogP contribution in [0.3, 0.4) is 0 Å². The Balaban J connectivity index is 1.52. The van der Waals surface area contributed by atoms with Crippen molar-refractivity contribution in [2.24, 2.45) is 0 Å². The Kier molecular flexibility index (Phi) is 4.09. The van der Waals surface area contributed by atoms with Gasteiger partial charge >= 0.3 is 0 Å². The fourth-order valence-corrected chi connectivity index (χ4v) is 3.77. The summed E-state index contributed by atoms with van der Waals surface area (Å²) in [5.41, 5.74) is 1.23. The number of nitrogens with zero attached hydrogens (tertiary/aromatic N) is 1. The average Bonchev–Trinajstić information content (AvgIpc) is 2.95. The lowest BCUT2D eigenvalue weighted by Gasteiger charge is -2.33. The number of benzene rings is 1. The molecule has 6 heteroatoms. The van der Waals surface area contributed by atoms with E-state index in [0.29, 0.717) is 23.6 Å². The standard InChI is InChI=1S/C19H22N2O4/c1-11-3-4-15-16(22)7-18(25-17(15)5-11)19(23)20-13-6-14-10-24-12(2)8-21(14)9-13/h3-5,7,12-14H,6,8-10H2,1-2H3,(H,20,23)/t12-,13+,14+/m1/s1. The number of nitrogens with one attached hydrogen (secondary N) is 1. The zero-order valence-electron chi connectivity index (χ0n) is 14.5. The maximum atomic E-state index is 12.6. The first kappa shape index (κ1) is 16.3. The third kappa shape index (κ3) is 3.19. The molecule has 0 aliphatic carbocycles. The summed E-state index contributed by atoms with van der Waals surface area (Å²) in [7, 11) is 0. The normalized spacial score (nSPS) is 26.6. The molecule has 4 rings (SSSR count). The molecule has 3 heterocycles. The number of carbonyl (C=O) groups excluding carboxylic acids is 1. The molecule has 3 atom stereocenters. The summed E-state index contributed by atoms with van der Waals surface area (Å²) in [6.07, 6.45) is 1.09. The second-order valence-corrected chi connectivity index (χ2v) is 7.13. The average molecular weight is 342 g/mol. The van der Waals surface area contributed by atoms with Crippen molar-refractivity contribution in [1.29, 1.82) is 0 Å². The van der Waals surface area contributed by atoms with E-state index in [1.165, 1.54) is 6.07 Å². The van der Waals surface area contributed by atoms with Crippen molar-refractivity contribution in [2.75, 3.05) is 19.7 Å². The van der Waals surface area contributed by atoms with E-state index in [4.69, 9.17) is 9.15 Å². The van der Waals surface area contributed by atoms with Crippen LogP contribution in [0.1, 0.15) is 29.5 Å². The lowest BCUT2D eigenvalue weighted by atomic mass is 10.1. The van der Waals surface area contributed by atoms with Crippen molar-refractivity contribution in [3.05, 3.63) is 45.8 Å². The minimum absolute atomic E-state index is 0.0462. The molecule has 1 amide bonds. The summed E-state index contributed by atoms with van der Waals surface area (Å²) in [6.45, 7) is 6.39. The van der Waals surface area contributed by atoms with Crippen LogP contribution < -0.4 is 10.7 Å². The fourth-order valence-electron chi connectivity index (χ4n) is 3.77. The Hall–Kier alpha value is -2.18. The quantitative estimate of drug-likeness (QED) is 0.899. The molecule has 2 saturated heterocycles. The van der Waals surface area contributed by atoms with Gasteiger partial charge in [0, 0.05) is 31.2 Å². The second-order valence-electron chi connectivity index (χ2n) is 7.13. The molecule has 25 heavy (non-hydrogen) atoms. The Morgan fingerprint density at radius 3 is 2.96 bits per heavy atom. The fraction of sp³-hybridized carbons (Fsp3) is 0.474. The molecule has 0 radical (unpaired) electrons. The molecule has 132 valence electrons. The lowest BCUT2D eigenvalue weighted by molar-refractivity contribution is -0.0390. The number of carbonyl (C=O) groups is 1. The number of aryl methyl sites for hydroxylation is 1. The molecule has 0 spiro atoms. The van der Waals surface area contributed by atoms with Crippen LogP contribution in [0, 0.1) is 6.92 Å². The zero-order valence-corrected chi connectivity index (χ0v) is 14.5. The highest BCUT2D eigenvalue weighted by atomic mass is 16.5. The first-order valence-corrected chi connectivity index (χ1v) is 8.70. The smallest absolute Gasteiger partial charge is 0.287 e. The van der Waals surface area contributed by atoms with Crippen molar-refractivity contribution >= 4 is 16.9 Å². The second kappa shape index (κ2) is 6.28. The number of rotatable bonds is 2. The van der Waals surface area contributed by atoms with E-state index in [-0.39, 0.29) is 29.2 Å². The Bertz CT molecular complexity index is 875. The van der Waals surface area contributed by atoms with Gasteiger partial charge in [0.25, 0.3) is 5.91 Å². The van der Waals surface area contributed by atoms with Gasteiger partial charge < -0.3 is 14.5 Å². The number of hydrogen-bond acceptors (Lipinski definition) is 5. The van der Waals surface area contributed by atoms with Gasteiger partial charge in [0.1, 0.15) is 5.58 Å². The van der Waals surface area contributed by atoms with Crippen LogP contribution in [-0.2, 0) is 4.74 Å². The van der Waals surface area contributed by atoms with Gasteiger partial charge in [-0.2, -0.15) is 0 Å². The molecule has 2 aromatic rings. The number of morpholine rings is 1. The Morgan fingerprint density at radius 1 is 1.28 bits per heavy atom. The molecule has 0 bridgehead atoms. The van der Waals surface area contributed by atoms with Crippen LogP contribution in [0.2, 0.25) is 0 Å². The zero-order chi connectivity index (χ0) is 17.6. The first-order chi connectivity index (χ1) is 12.0. The van der Waals surface area contributed by atoms with Gasteiger partial charge in [0.2, 0.25) is 0 Å². The van der Waals surface area contributed by atoms with E-state index < -0.39 is 0 Å². The number of ether oxygens (including phenoxy) is 1. The van der Waals surface area contributed by atoms with Gasteiger partial charge in [0.15, 0.2) is 11.2 Å². The van der Waals surface area contributed by atoms with Crippen molar-refractivity contribution in [3.63, 3.8) is 0 Å². The van der Waals surface area contributed by atoms with E-state index in [9.17, 15) is 9.59 Å². The summed E-state index contributed by atoms with van der Waals surface area (Å²) >= 11 is 0. The molecule has 1 aromatic carbocycles. The molecule has 0 unspecified atom stereocenters. The molecule has 2 fully saturated rings. The van der Waals surface area contributed by atoms with Crippen LogP contribution in [0.25, 0.3) is 11.0 Å². The summed E-state index contributed by atoms with van der Waals surface area (Å²) < 4.78 is 11.4. The highest BCUT2D eigenvalue weighted by molar-refractivity contribution is 5.93. The van der Waals surface area contributed by atoms with Crippen LogP contribution in [0.5, 0.6) is 0 Å². The molecule has 1 N–H and O–H groups in total.